The molecule has 1 aliphatic rings. The second-order valence-electron chi connectivity index (χ2n) is 5.24. The summed E-state index contributed by atoms with van der Waals surface area (Å²) in [6.45, 7) is 2.27. The molecule has 0 aliphatic heterocycles. The van der Waals surface area contributed by atoms with E-state index in [0.717, 1.165) is 6.42 Å². The fourth-order valence-electron chi connectivity index (χ4n) is 3.04. The van der Waals surface area contributed by atoms with Gasteiger partial charge in [-0.3, -0.25) is 0 Å². The molecule has 0 amide bonds. The minimum atomic E-state index is 1.12. The van der Waals surface area contributed by atoms with Crippen LogP contribution in [0.2, 0.25) is 0 Å². The largest absolute Gasteiger partial charge is 0.0654 e. The van der Waals surface area contributed by atoms with Crippen molar-refractivity contribution in [1.29, 1.82) is 0 Å². The number of unbranched alkanes of at least 4 members (excludes halogenated alkanes) is 2. The zero-order valence-electron chi connectivity index (χ0n) is 11.1. The van der Waals surface area contributed by atoms with Gasteiger partial charge in [0, 0.05) is 0 Å². The van der Waals surface area contributed by atoms with Crippen LogP contribution in [0.3, 0.4) is 0 Å². The number of hydrogen-bond donors (Lipinski definition) is 0. The fourth-order valence-corrected chi connectivity index (χ4v) is 3.04. The number of hydrogen-bond acceptors (Lipinski definition) is 0. The van der Waals surface area contributed by atoms with Crippen molar-refractivity contribution in [3.05, 3.63) is 59.2 Å². The molecular weight excluding hydrogens is 216 g/mol. The topological polar surface area (TPSA) is 0 Å². The summed E-state index contributed by atoms with van der Waals surface area (Å²) < 4.78 is 0. The van der Waals surface area contributed by atoms with Crippen molar-refractivity contribution in [2.45, 2.75) is 39.0 Å². The molecule has 0 N–H and O–H groups in total. The highest BCUT2D eigenvalue weighted by atomic mass is 14.2. The van der Waals surface area contributed by atoms with E-state index >= 15 is 0 Å². The number of rotatable bonds is 4. The van der Waals surface area contributed by atoms with Crippen LogP contribution in [0.1, 0.15) is 42.9 Å². The van der Waals surface area contributed by atoms with Crippen molar-refractivity contribution >= 4 is 0 Å². The minimum absolute atomic E-state index is 1.12. The average Bonchev–Trinajstić information content (AvgIpc) is 2.78. The summed E-state index contributed by atoms with van der Waals surface area (Å²) in [7, 11) is 0. The Bertz CT molecular complexity index is 552. The lowest BCUT2D eigenvalue weighted by atomic mass is 9.96. The van der Waals surface area contributed by atoms with Gasteiger partial charge in [0.1, 0.15) is 0 Å². The van der Waals surface area contributed by atoms with Crippen molar-refractivity contribution < 1.29 is 0 Å². The maximum absolute atomic E-state index is 2.32. The standard InChI is InChI=1S/C18H20/c1-2-3-4-8-14-10-7-11-16-13-15-9-5-6-12-17(15)18(14)16/h5-7,9-12H,2-4,8,13H2,1H3. The molecule has 0 aromatic heterocycles. The maximum atomic E-state index is 2.32. The van der Waals surface area contributed by atoms with Gasteiger partial charge >= 0.3 is 0 Å². The van der Waals surface area contributed by atoms with Gasteiger partial charge in [-0.25, -0.2) is 0 Å². The lowest BCUT2D eigenvalue weighted by molar-refractivity contribution is 0.718. The van der Waals surface area contributed by atoms with E-state index in [1.807, 2.05) is 0 Å². The summed E-state index contributed by atoms with van der Waals surface area (Å²) in [4.78, 5) is 0. The average molecular weight is 236 g/mol. The fraction of sp³-hybridized carbons (Fsp3) is 0.333. The maximum Gasteiger partial charge on any atom is -0.00134 e. The van der Waals surface area contributed by atoms with Crippen molar-refractivity contribution in [1.82, 2.24) is 0 Å². The molecule has 0 nitrogen and oxygen atoms in total. The van der Waals surface area contributed by atoms with Crippen molar-refractivity contribution in [3.63, 3.8) is 0 Å². The van der Waals surface area contributed by atoms with Crippen LogP contribution in [0.4, 0.5) is 0 Å². The first-order valence-corrected chi connectivity index (χ1v) is 7.09. The Morgan fingerprint density at radius 1 is 0.889 bits per heavy atom. The highest BCUT2D eigenvalue weighted by Gasteiger charge is 2.19. The first-order chi connectivity index (χ1) is 8.90. The molecule has 0 unspecified atom stereocenters. The minimum Gasteiger partial charge on any atom is -0.0654 e. The van der Waals surface area contributed by atoms with E-state index in [2.05, 4.69) is 49.4 Å². The highest BCUT2D eigenvalue weighted by Crippen LogP contribution is 2.39. The van der Waals surface area contributed by atoms with Crippen LogP contribution in [0.5, 0.6) is 0 Å². The molecule has 1 aliphatic carbocycles. The molecule has 2 aromatic carbocycles. The predicted octanol–water partition coefficient (Wildman–Crippen LogP) is 4.99. The van der Waals surface area contributed by atoms with Crippen LogP contribution in [0, 0.1) is 0 Å². The third kappa shape index (κ3) is 1.96. The van der Waals surface area contributed by atoms with Crippen LogP contribution >= 0.6 is 0 Å². The van der Waals surface area contributed by atoms with Gasteiger partial charge in [-0.1, -0.05) is 62.2 Å². The molecule has 2 aromatic rings. The third-order valence-corrected chi connectivity index (χ3v) is 3.95. The van der Waals surface area contributed by atoms with Gasteiger partial charge < -0.3 is 0 Å². The Morgan fingerprint density at radius 2 is 1.72 bits per heavy atom. The zero-order chi connectivity index (χ0) is 12.4. The highest BCUT2D eigenvalue weighted by molar-refractivity contribution is 5.79. The smallest absolute Gasteiger partial charge is 0.00134 e. The van der Waals surface area contributed by atoms with Gasteiger partial charge in [0.05, 0.1) is 0 Å². The first kappa shape index (κ1) is 11.5. The van der Waals surface area contributed by atoms with Crippen LogP contribution in [0.15, 0.2) is 42.5 Å². The zero-order valence-corrected chi connectivity index (χ0v) is 11.1. The van der Waals surface area contributed by atoms with Crippen molar-refractivity contribution in [2.24, 2.45) is 0 Å². The monoisotopic (exact) mass is 236 g/mol. The molecule has 92 valence electrons. The van der Waals surface area contributed by atoms with Crippen LogP contribution < -0.4 is 0 Å². The van der Waals surface area contributed by atoms with E-state index in [0.29, 0.717) is 0 Å². The summed E-state index contributed by atoms with van der Waals surface area (Å²) in [5.74, 6) is 0. The van der Waals surface area contributed by atoms with Gasteiger partial charge in [0.2, 0.25) is 0 Å². The number of fused-ring (bicyclic) bond motifs is 3. The van der Waals surface area contributed by atoms with Crippen molar-refractivity contribution in [2.75, 3.05) is 0 Å². The summed E-state index contributed by atoms with van der Waals surface area (Å²) >= 11 is 0. The summed E-state index contributed by atoms with van der Waals surface area (Å²) in [6, 6.07) is 15.7. The van der Waals surface area contributed by atoms with E-state index in [4.69, 9.17) is 0 Å². The Kier molecular flexibility index (Phi) is 3.19. The molecule has 0 heteroatoms. The van der Waals surface area contributed by atoms with Gasteiger partial charge in [-0.15, -0.1) is 0 Å². The molecule has 0 saturated heterocycles. The second kappa shape index (κ2) is 4.97. The molecule has 0 radical (unpaired) electrons. The lowest BCUT2D eigenvalue weighted by Gasteiger charge is -2.09. The Hall–Kier alpha value is -1.56. The van der Waals surface area contributed by atoms with E-state index in [1.165, 1.54) is 47.9 Å². The first-order valence-electron chi connectivity index (χ1n) is 7.09. The van der Waals surface area contributed by atoms with Gasteiger partial charge in [-0.05, 0) is 47.1 Å². The molecule has 3 rings (SSSR count). The number of aryl methyl sites for hydroxylation is 1. The van der Waals surface area contributed by atoms with E-state index in [-0.39, 0.29) is 0 Å². The molecule has 0 spiro atoms. The van der Waals surface area contributed by atoms with E-state index in [1.54, 1.807) is 5.56 Å². The van der Waals surface area contributed by atoms with E-state index < -0.39 is 0 Å². The molecule has 0 saturated carbocycles. The quantitative estimate of drug-likeness (QED) is 0.560. The summed E-state index contributed by atoms with van der Waals surface area (Å²) in [6.07, 6.45) is 6.30. The van der Waals surface area contributed by atoms with Crippen LogP contribution in [0.25, 0.3) is 11.1 Å². The number of benzene rings is 2. The molecule has 0 atom stereocenters. The van der Waals surface area contributed by atoms with Gasteiger partial charge in [0.25, 0.3) is 0 Å². The van der Waals surface area contributed by atoms with E-state index in [9.17, 15) is 0 Å². The third-order valence-electron chi connectivity index (χ3n) is 3.95. The molecular formula is C18H20. The predicted molar refractivity (Wildman–Crippen MR) is 77.9 cm³/mol. The van der Waals surface area contributed by atoms with Gasteiger partial charge in [0.15, 0.2) is 0 Å². The van der Waals surface area contributed by atoms with Gasteiger partial charge in [-0.2, -0.15) is 0 Å². The molecule has 0 bridgehead atoms. The Morgan fingerprint density at radius 3 is 2.61 bits per heavy atom. The normalized spacial score (nSPS) is 12.3. The summed E-state index contributed by atoms with van der Waals surface area (Å²) in [5, 5.41) is 0. The molecule has 18 heavy (non-hydrogen) atoms. The second-order valence-corrected chi connectivity index (χ2v) is 5.24. The lowest BCUT2D eigenvalue weighted by Crippen LogP contribution is -1.91. The Balaban J connectivity index is 1.98. The van der Waals surface area contributed by atoms with Crippen molar-refractivity contribution in [3.8, 4) is 11.1 Å². The molecule has 0 fully saturated rings. The SMILES string of the molecule is CCCCCc1cccc2c1-c1ccccc1C2. The Labute approximate surface area is 110 Å². The molecule has 0 heterocycles. The van der Waals surface area contributed by atoms with Crippen LogP contribution in [-0.2, 0) is 12.8 Å². The summed E-state index contributed by atoms with van der Waals surface area (Å²) in [5.41, 5.74) is 7.57. The van der Waals surface area contributed by atoms with Crippen LogP contribution in [-0.4, -0.2) is 0 Å².